The summed E-state index contributed by atoms with van der Waals surface area (Å²) in [4.78, 5) is 39.0. The average molecular weight is 452 g/mol. The summed E-state index contributed by atoms with van der Waals surface area (Å²) in [5, 5.41) is 8.48. The van der Waals surface area contributed by atoms with Gasteiger partial charge in [0.05, 0.1) is 6.04 Å². The summed E-state index contributed by atoms with van der Waals surface area (Å²) in [6, 6.07) is 15.8. The fourth-order valence-electron chi connectivity index (χ4n) is 4.04. The van der Waals surface area contributed by atoms with Gasteiger partial charge in [-0.25, -0.2) is 4.79 Å². The molecule has 8 heteroatoms. The molecular formula is C25H33N5O3. The molecule has 2 aromatic carbocycles. The number of nitrogens with one attached hydrogen (secondary N) is 3. The molecule has 2 unspecified atom stereocenters. The van der Waals surface area contributed by atoms with E-state index in [2.05, 4.69) is 20.9 Å². The molecule has 2 atom stereocenters. The standard InChI is InChI=1S/C25H33N5O3/c1-17(2)22(29-25(33)27-15-18-8-4-3-5-9-18)24(32)28-20-11-6-10-19(14-20)16-30-13-7-12-21(30)23(26)31/h3-6,8-11,14,17,21-22H,7,12-13,15-16H2,1-2H3,(H2,26,31)(H,28,32)(H2,27,29,33). The molecule has 2 aromatic rings. The van der Waals surface area contributed by atoms with E-state index in [9.17, 15) is 14.4 Å². The number of likely N-dealkylation sites (tertiary alicyclic amines) is 1. The lowest BCUT2D eigenvalue weighted by Crippen LogP contribution is -2.50. The molecule has 1 aliphatic heterocycles. The highest BCUT2D eigenvalue weighted by Crippen LogP contribution is 2.21. The maximum absolute atomic E-state index is 12.9. The lowest BCUT2D eigenvalue weighted by molar-refractivity contribution is -0.122. The molecule has 1 fully saturated rings. The number of hydrogen-bond acceptors (Lipinski definition) is 4. The van der Waals surface area contributed by atoms with Gasteiger partial charge in [0, 0.05) is 18.8 Å². The molecule has 1 heterocycles. The first-order valence-corrected chi connectivity index (χ1v) is 11.3. The highest BCUT2D eigenvalue weighted by atomic mass is 16.2. The molecule has 3 rings (SSSR count). The maximum Gasteiger partial charge on any atom is 0.315 e. The largest absolute Gasteiger partial charge is 0.368 e. The van der Waals surface area contributed by atoms with Gasteiger partial charge in [-0.1, -0.05) is 56.3 Å². The second-order valence-electron chi connectivity index (χ2n) is 8.75. The molecule has 0 radical (unpaired) electrons. The molecule has 0 aromatic heterocycles. The van der Waals surface area contributed by atoms with Crippen LogP contribution >= 0.6 is 0 Å². The van der Waals surface area contributed by atoms with Crippen molar-refractivity contribution in [2.45, 2.75) is 51.9 Å². The summed E-state index contributed by atoms with van der Waals surface area (Å²) in [5.41, 5.74) is 8.12. The molecule has 5 N–H and O–H groups in total. The van der Waals surface area contributed by atoms with E-state index in [-0.39, 0.29) is 23.8 Å². The van der Waals surface area contributed by atoms with Crippen molar-refractivity contribution < 1.29 is 14.4 Å². The number of hydrogen-bond donors (Lipinski definition) is 4. The Bertz CT molecular complexity index is 964. The van der Waals surface area contributed by atoms with Gasteiger partial charge >= 0.3 is 6.03 Å². The van der Waals surface area contributed by atoms with Gasteiger partial charge in [0.1, 0.15) is 6.04 Å². The molecule has 1 aliphatic rings. The van der Waals surface area contributed by atoms with E-state index >= 15 is 0 Å². The normalized spacial score (nSPS) is 16.9. The summed E-state index contributed by atoms with van der Waals surface area (Å²) < 4.78 is 0. The van der Waals surface area contributed by atoms with E-state index in [1.807, 2.05) is 68.4 Å². The molecule has 8 nitrogen and oxygen atoms in total. The van der Waals surface area contributed by atoms with Crippen LogP contribution in [0.1, 0.15) is 37.8 Å². The number of carbonyl (C=O) groups is 3. The Morgan fingerprint density at radius 1 is 1.06 bits per heavy atom. The zero-order valence-electron chi connectivity index (χ0n) is 19.2. The number of primary amides is 1. The minimum Gasteiger partial charge on any atom is -0.368 e. The average Bonchev–Trinajstić information content (AvgIpc) is 3.25. The molecule has 0 spiro atoms. The molecule has 0 aliphatic carbocycles. The smallest absolute Gasteiger partial charge is 0.315 e. The van der Waals surface area contributed by atoms with Gasteiger partial charge in [0.2, 0.25) is 11.8 Å². The van der Waals surface area contributed by atoms with Gasteiger partial charge in [0.25, 0.3) is 0 Å². The van der Waals surface area contributed by atoms with Crippen molar-refractivity contribution in [1.82, 2.24) is 15.5 Å². The number of amides is 4. The van der Waals surface area contributed by atoms with E-state index in [1.165, 1.54) is 0 Å². The summed E-state index contributed by atoms with van der Waals surface area (Å²) in [6.07, 6.45) is 1.72. The van der Waals surface area contributed by atoms with Gasteiger partial charge < -0.3 is 21.7 Å². The van der Waals surface area contributed by atoms with Crippen LogP contribution in [-0.2, 0) is 22.7 Å². The predicted octanol–water partition coefficient (Wildman–Crippen LogP) is 2.60. The third-order valence-electron chi connectivity index (χ3n) is 5.80. The second kappa shape index (κ2) is 11.5. The molecule has 4 amide bonds. The van der Waals surface area contributed by atoms with Crippen LogP contribution in [0.25, 0.3) is 0 Å². The van der Waals surface area contributed by atoms with Crippen LogP contribution in [0.5, 0.6) is 0 Å². The topological polar surface area (TPSA) is 117 Å². The minimum atomic E-state index is -0.692. The van der Waals surface area contributed by atoms with Gasteiger partial charge in [0.15, 0.2) is 0 Å². The molecule has 176 valence electrons. The monoisotopic (exact) mass is 451 g/mol. The second-order valence-corrected chi connectivity index (χ2v) is 8.75. The van der Waals surface area contributed by atoms with E-state index in [4.69, 9.17) is 5.73 Å². The first kappa shape index (κ1) is 24.3. The van der Waals surface area contributed by atoms with Crippen LogP contribution in [0.4, 0.5) is 10.5 Å². The fraction of sp³-hybridized carbons (Fsp3) is 0.400. The first-order chi connectivity index (χ1) is 15.8. The lowest BCUT2D eigenvalue weighted by atomic mass is 10.0. The van der Waals surface area contributed by atoms with E-state index in [0.717, 1.165) is 30.5 Å². The van der Waals surface area contributed by atoms with Gasteiger partial charge in [-0.3, -0.25) is 14.5 Å². The van der Waals surface area contributed by atoms with Crippen molar-refractivity contribution in [3.05, 3.63) is 65.7 Å². The molecule has 0 saturated carbocycles. The van der Waals surface area contributed by atoms with Crippen molar-refractivity contribution >= 4 is 23.5 Å². The predicted molar refractivity (Wildman–Crippen MR) is 128 cm³/mol. The third-order valence-corrected chi connectivity index (χ3v) is 5.80. The van der Waals surface area contributed by atoms with Crippen LogP contribution < -0.4 is 21.7 Å². The van der Waals surface area contributed by atoms with Crippen LogP contribution in [0, 0.1) is 5.92 Å². The SMILES string of the molecule is CC(C)C(NC(=O)NCc1ccccc1)C(=O)Nc1cccc(CN2CCCC2C(N)=O)c1. The summed E-state index contributed by atoms with van der Waals surface area (Å²) in [7, 11) is 0. The highest BCUT2D eigenvalue weighted by Gasteiger charge is 2.29. The number of anilines is 1. The number of benzene rings is 2. The Balaban J connectivity index is 1.58. The molecule has 33 heavy (non-hydrogen) atoms. The minimum absolute atomic E-state index is 0.100. The lowest BCUT2D eigenvalue weighted by Gasteiger charge is -2.23. The fourth-order valence-corrected chi connectivity index (χ4v) is 4.04. The van der Waals surface area contributed by atoms with Crippen molar-refractivity contribution in [3.8, 4) is 0 Å². The number of rotatable bonds is 9. The molecular weight excluding hydrogens is 418 g/mol. The van der Waals surface area contributed by atoms with E-state index in [1.54, 1.807) is 0 Å². The Kier molecular flexibility index (Phi) is 8.43. The van der Waals surface area contributed by atoms with Crippen LogP contribution in [0.3, 0.4) is 0 Å². The van der Waals surface area contributed by atoms with Gasteiger partial charge in [-0.15, -0.1) is 0 Å². The number of carbonyl (C=O) groups excluding carboxylic acids is 3. The van der Waals surface area contributed by atoms with Crippen molar-refractivity contribution in [3.63, 3.8) is 0 Å². The molecule has 1 saturated heterocycles. The Labute approximate surface area is 194 Å². The highest BCUT2D eigenvalue weighted by molar-refractivity contribution is 5.97. The van der Waals surface area contributed by atoms with E-state index in [0.29, 0.717) is 18.8 Å². The Morgan fingerprint density at radius 3 is 2.48 bits per heavy atom. The zero-order valence-corrected chi connectivity index (χ0v) is 19.2. The van der Waals surface area contributed by atoms with Gasteiger partial charge in [-0.05, 0) is 48.6 Å². The van der Waals surface area contributed by atoms with Gasteiger partial charge in [-0.2, -0.15) is 0 Å². The van der Waals surface area contributed by atoms with Crippen LogP contribution in [0.15, 0.2) is 54.6 Å². The number of nitrogens with zero attached hydrogens (tertiary/aromatic N) is 1. The van der Waals surface area contributed by atoms with E-state index < -0.39 is 12.1 Å². The van der Waals surface area contributed by atoms with Crippen LogP contribution in [0.2, 0.25) is 0 Å². The van der Waals surface area contributed by atoms with Crippen LogP contribution in [-0.4, -0.2) is 41.4 Å². The summed E-state index contributed by atoms with van der Waals surface area (Å²) in [6.45, 7) is 5.56. The third kappa shape index (κ3) is 7.05. The number of nitrogens with two attached hydrogens (primary N) is 1. The maximum atomic E-state index is 12.9. The van der Waals surface area contributed by atoms with Crippen molar-refractivity contribution in [2.24, 2.45) is 11.7 Å². The summed E-state index contributed by atoms with van der Waals surface area (Å²) >= 11 is 0. The van der Waals surface area contributed by atoms with Crippen molar-refractivity contribution in [1.29, 1.82) is 0 Å². The zero-order chi connectivity index (χ0) is 23.8. The Hall–Kier alpha value is -3.39. The first-order valence-electron chi connectivity index (χ1n) is 11.3. The number of urea groups is 1. The molecule has 0 bridgehead atoms. The quantitative estimate of drug-likeness (QED) is 0.469. The Morgan fingerprint density at radius 2 is 1.79 bits per heavy atom. The summed E-state index contributed by atoms with van der Waals surface area (Å²) in [5.74, 6) is -0.682. The van der Waals surface area contributed by atoms with Crippen molar-refractivity contribution in [2.75, 3.05) is 11.9 Å².